The number of hydrogen-bond donors (Lipinski definition) is 1. The van der Waals surface area contributed by atoms with E-state index < -0.39 is 0 Å². The molecule has 1 aliphatic rings. The Bertz CT molecular complexity index is 489. The molecule has 0 fully saturated rings. The van der Waals surface area contributed by atoms with Gasteiger partial charge in [0.1, 0.15) is 0 Å². The molecular weight excluding hydrogens is 200 g/mol. The summed E-state index contributed by atoms with van der Waals surface area (Å²) >= 11 is 0. The van der Waals surface area contributed by atoms with E-state index in [2.05, 4.69) is 32.1 Å². The highest BCUT2D eigenvalue weighted by Gasteiger charge is 2.20. The molecule has 3 heterocycles. The molecule has 82 valence electrons. The van der Waals surface area contributed by atoms with Crippen molar-refractivity contribution < 1.29 is 0 Å². The molecule has 0 bridgehead atoms. The largest absolute Gasteiger partial charge is 0.347 e. The predicted molar refractivity (Wildman–Crippen MR) is 62.2 cm³/mol. The quantitative estimate of drug-likeness (QED) is 0.791. The molecule has 2 aromatic heterocycles. The van der Waals surface area contributed by atoms with Crippen LogP contribution in [0.5, 0.6) is 0 Å². The lowest BCUT2D eigenvalue weighted by molar-refractivity contribution is 0.534. The van der Waals surface area contributed by atoms with Gasteiger partial charge >= 0.3 is 0 Å². The Kier molecular flexibility index (Phi) is 2.13. The van der Waals surface area contributed by atoms with E-state index in [1.807, 2.05) is 25.3 Å². The van der Waals surface area contributed by atoms with Crippen molar-refractivity contribution >= 4 is 5.95 Å². The zero-order valence-electron chi connectivity index (χ0n) is 9.22. The van der Waals surface area contributed by atoms with E-state index in [9.17, 15) is 0 Å². The lowest BCUT2D eigenvalue weighted by Crippen LogP contribution is -2.22. The number of rotatable bonds is 1. The van der Waals surface area contributed by atoms with Crippen LogP contribution in [0.3, 0.4) is 0 Å². The van der Waals surface area contributed by atoms with Gasteiger partial charge in [0.15, 0.2) is 0 Å². The molecule has 3 rings (SSSR count). The lowest BCUT2D eigenvalue weighted by Gasteiger charge is -2.24. The number of nitrogens with zero attached hydrogens (tertiary/aromatic N) is 3. The Morgan fingerprint density at radius 3 is 3.19 bits per heavy atom. The first kappa shape index (κ1) is 9.39. The fourth-order valence-electron chi connectivity index (χ4n) is 2.13. The molecule has 1 unspecified atom stereocenters. The zero-order valence-corrected chi connectivity index (χ0v) is 9.22. The monoisotopic (exact) mass is 214 g/mol. The molecule has 0 saturated heterocycles. The van der Waals surface area contributed by atoms with Crippen LogP contribution in [-0.4, -0.2) is 14.5 Å². The van der Waals surface area contributed by atoms with Gasteiger partial charge in [0.25, 0.3) is 0 Å². The van der Waals surface area contributed by atoms with E-state index in [0.717, 1.165) is 30.3 Å². The fourth-order valence-corrected chi connectivity index (χ4v) is 2.13. The summed E-state index contributed by atoms with van der Waals surface area (Å²) in [7, 11) is 0. The van der Waals surface area contributed by atoms with Gasteiger partial charge in [-0.1, -0.05) is 6.07 Å². The van der Waals surface area contributed by atoms with Crippen molar-refractivity contribution in [2.45, 2.75) is 25.9 Å². The maximum Gasteiger partial charge on any atom is 0.203 e. The van der Waals surface area contributed by atoms with Crippen molar-refractivity contribution in [1.82, 2.24) is 14.5 Å². The minimum Gasteiger partial charge on any atom is -0.347 e. The van der Waals surface area contributed by atoms with E-state index in [-0.39, 0.29) is 6.04 Å². The lowest BCUT2D eigenvalue weighted by atomic mass is 10.1. The van der Waals surface area contributed by atoms with E-state index in [1.165, 1.54) is 0 Å². The first-order valence-electron chi connectivity index (χ1n) is 5.54. The summed E-state index contributed by atoms with van der Waals surface area (Å²) in [6, 6.07) is 6.31. The van der Waals surface area contributed by atoms with Gasteiger partial charge in [-0.3, -0.25) is 4.98 Å². The SMILES string of the molecule is Cc1cn2c(n1)NC(c1ccccn1)CC2. The minimum atomic E-state index is 0.287. The molecule has 0 amide bonds. The van der Waals surface area contributed by atoms with E-state index >= 15 is 0 Å². The molecule has 0 aromatic carbocycles. The van der Waals surface area contributed by atoms with Crippen LogP contribution in [0, 0.1) is 6.92 Å². The maximum atomic E-state index is 4.45. The summed E-state index contributed by atoms with van der Waals surface area (Å²) < 4.78 is 2.16. The van der Waals surface area contributed by atoms with Crippen molar-refractivity contribution in [3.8, 4) is 0 Å². The van der Waals surface area contributed by atoms with Crippen LogP contribution in [0.25, 0.3) is 0 Å². The van der Waals surface area contributed by atoms with E-state index in [1.54, 1.807) is 0 Å². The Morgan fingerprint density at radius 2 is 2.38 bits per heavy atom. The molecule has 1 N–H and O–H groups in total. The second-order valence-corrected chi connectivity index (χ2v) is 4.14. The number of fused-ring (bicyclic) bond motifs is 1. The third kappa shape index (κ3) is 1.56. The zero-order chi connectivity index (χ0) is 11.0. The Morgan fingerprint density at radius 1 is 1.44 bits per heavy atom. The molecular formula is C12H14N4. The number of aryl methyl sites for hydroxylation is 2. The third-order valence-electron chi connectivity index (χ3n) is 2.90. The van der Waals surface area contributed by atoms with Gasteiger partial charge in [-0.15, -0.1) is 0 Å². The summed E-state index contributed by atoms with van der Waals surface area (Å²) in [5.74, 6) is 0.958. The molecule has 4 heteroatoms. The summed E-state index contributed by atoms with van der Waals surface area (Å²) in [4.78, 5) is 8.83. The number of nitrogens with one attached hydrogen (secondary N) is 1. The number of hydrogen-bond acceptors (Lipinski definition) is 3. The van der Waals surface area contributed by atoms with Gasteiger partial charge in [0.2, 0.25) is 5.95 Å². The van der Waals surface area contributed by atoms with Crippen LogP contribution in [0.4, 0.5) is 5.95 Å². The van der Waals surface area contributed by atoms with Gasteiger partial charge in [-0.2, -0.15) is 0 Å². The standard InChI is InChI=1S/C12H14N4/c1-9-8-16-7-5-11(15-12(16)14-9)10-4-2-3-6-13-10/h2-4,6,8,11H,5,7H2,1H3,(H,14,15). The average Bonchev–Trinajstić information content (AvgIpc) is 2.69. The number of aromatic nitrogens is 3. The van der Waals surface area contributed by atoms with Crippen molar-refractivity contribution in [3.63, 3.8) is 0 Å². The van der Waals surface area contributed by atoms with Crippen LogP contribution < -0.4 is 5.32 Å². The molecule has 1 aliphatic heterocycles. The Hall–Kier alpha value is -1.84. The van der Waals surface area contributed by atoms with Crippen LogP contribution >= 0.6 is 0 Å². The molecule has 0 spiro atoms. The maximum absolute atomic E-state index is 4.45. The first-order valence-corrected chi connectivity index (χ1v) is 5.54. The second kappa shape index (κ2) is 3.63. The van der Waals surface area contributed by atoms with Gasteiger partial charge < -0.3 is 9.88 Å². The van der Waals surface area contributed by atoms with Crippen molar-refractivity contribution in [1.29, 1.82) is 0 Å². The van der Waals surface area contributed by atoms with Crippen molar-refractivity contribution in [2.24, 2.45) is 0 Å². The summed E-state index contributed by atoms with van der Waals surface area (Å²) in [5.41, 5.74) is 2.15. The molecule has 4 nitrogen and oxygen atoms in total. The van der Waals surface area contributed by atoms with Crippen molar-refractivity contribution in [3.05, 3.63) is 42.0 Å². The van der Waals surface area contributed by atoms with E-state index in [0.29, 0.717) is 0 Å². The van der Waals surface area contributed by atoms with Crippen molar-refractivity contribution in [2.75, 3.05) is 5.32 Å². The molecule has 0 aliphatic carbocycles. The normalized spacial score (nSPS) is 18.9. The van der Waals surface area contributed by atoms with E-state index in [4.69, 9.17) is 0 Å². The summed E-state index contributed by atoms with van der Waals surface area (Å²) in [6.45, 7) is 3.02. The minimum absolute atomic E-state index is 0.287. The highest BCUT2D eigenvalue weighted by atomic mass is 15.2. The van der Waals surface area contributed by atoms with Crippen LogP contribution in [-0.2, 0) is 6.54 Å². The Labute approximate surface area is 94.4 Å². The molecule has 0 saturated carbocycles. The predicted octanol–water partition coefficient (Wildman–Crippen LogP) is 2.14. The average molecular weight is 214 g/mol. The number of anilines is 1. The summed E-state index contributed by atoms with van der Waals surface area (Å²) in [5, 5.41) is 3.42. The second-order valence-electron chi connectivity index (χ2n) is 4.14. The molecule has 16 heavy (non-hydrogen) atoms. The van der Waals surface area contributed by atoms with Gasteiger partial charge in [-0.25, -0.2) is 4.98 Å². The third-order valence-corrected chi connectivity index (χ3v) is 2.90. The van der Waals surface area contributed by atoms with Gasteiger partial charge in [0.05, 0.1) is 17.4 Å². The smallest absolute Gasteiger partial charge is 0.203 e. The van der Waals surface area contributed by atoms with Crippen LogP contribution in [0.2, 0.25) is 0 Å². The molecule has 1 atom stereocenters. The fraction of sp³-hybridized carbons (Fsp3) is 0.333. The first-order chi connectivity index (χ1) is 7.83. The number of pyridine rings is 1. The highest BCUT2D eigenvalue weighted by molar-refractivity contribution is 5.34. The van der Waals surface area contributed by atoms with Gasteiger partial charge in [-0.05, 0) is 25.5 Å². The van der Waals surface area contributed by atoms with Crippen LogP contribution in [0.1, 0.15) is 23.9 Å². The topological polar surface area (TPSA) is 42.7 Å². The molecule has 0 radical (unpaired) electrons. The number of imidazole rings is 1. The van der Waals surface area contributed by atoms with Gasteiger partial charge in [0, 0.05) is 18.9 Å². The van der Waals surface area contributed by atoms with Crippen LogP contribution in [0.15, 0.2) is 30.6 Å². The Balaban J connectivity index is 1.88. The summed E-state index contributed by atoms with van der Waals surface area (Å²) in [6.07, 6.45) is 4.97. The molecule has 2 aromatic rings. The highest BCUT2D eigenvalue weighted by Crippen LogP contribution is 2.26.